The van der Waals surface area contributed by atoms with E-state index in [0.717, 1.165) is 19.6 Å². The largest absolute Gasteiger partial charge is 0.281 e. The van der Waals surface area contributed by atoms with E-state index in [1.807, 2.05) is 10.9 Å². The van der Waals surface area contributed by atoms with Gasteiger partial charge in [-0.15, -0.1) is 0 Å². The van der Waals surface area contributed by atoms with E-state index in [0.29, 0.717) is 11.1 Å². The lowest BCUT2D eigenvalue weighted by atomic mass is 9.96. The highest BCUT2D eigenvalue weighted by atomic mass is 35.5. The number of nitrogens with zero attached hydrogens (tertiary/aromatic N) is 3. The van der Waals surface area contributed by atoms with Crippen molar-refractivity contribution in [2.45, 2.75) is 38.4 Å². The van der Waals surface area contributed by atoms with Gasteiger partial charge in [-0.3, -0.25) is 9.58 Å². The van der Waals surface area contributed by atoms with Crippen LogP contribution in [0.2, 0.25) is 5.02 Å². The van der Waals surface area contributed by atoms with Crippen LogP contribution >= 0.6 is 11.6 Å². The smallest absolute Gasteiger partial charge is 0.0931 e. The maximum Gasteiger partial charge on any atom is 0.0931 e. The lowest BCUT2D eigenvalue weighted by Crippen LogP contribution is -2.41. The SMILES string of the molecule is Clc1cnn(CN2CCCCC2Cc2ccccc2)c1. The first kappa shape index (κ1) is 13.7. The molecule has 3 rings (SSSR count). The molecule has 20 heavy (non-hydrogen) atoms. The highest BCUT2D eigenvalue weighted by Crippen LogP contribution is 2.21. The Morgan fingerprint density at radius 3 is 2.80 bits per heavy atom. The minimum atomic E-state index is 0.606. The third kappa shape index (κ3) is 3.41. The zero-order chi connectivity index (χ0) is 13.8. The summed E-state index contributed by atoms with van der Waals surface area (Å²) in [4.78, 5) is 2.53. The Bertz CT molecular complexity index is 538. The summed E-state index contributed by atoms with van der Waals surface area (Å²) in [7, 11) is 0. The van der Waals surface area contributed by atoms with Gasteiger partial charge in [-0.25, -0.2) is 0 Å². The summed E-state index contributed by atoms with van der Waals surface area (Å²) in [5, 5.41) is 5.00. The van der Waals surface area contributed by atoms with Crippen LogP contribution in [0, 0.1) is 0 Å². The van der Waals surface area contributed by atoms with Crippen LogP contribution in [-0.2, 0) is 13.1 Å². The van der Waals surface area contributed by atoms with Gasteiger partial charge in [-0.05, 0) is 24.8 Å². The van der Waals surface area contributed by atoms with Gasteiger partial charge in [0.1, 0.15) is 0 Å². The molecular formula is C16H20ClN3. The van der Waals surface area contributed by atoms with Crippen molar-refractivity contribution in [1.29, 1.82) is 0 Å². The van der Waals surface area contributed by atoms with Crippen LogP contribution in [0.15, 0.2) is 42.7 Å². The maximum absolute atomic E-state index is 5.94. The van der Waals surface area contributed by atoms with Crippen molar-refractivity contribution in [1.82, 2.24) is 14.7 Å². The molecular weight excluding hydrogens is 270 g/mol. The van der Waals surface area contributed by atoms with Crippen LogP contribution in [0.1, 0.15) is 24.8 Å². The molecule has 1 saturated heterocycles. The fraction of sp³-hybridized carbons (Fsp3) is 0.438. The summed E-state index contributed by atoms with van der Waals surface area (Å²) in [5.74, 6) is 0. The Hall–Kier alpha value is -1.32. The predicted octanol–water partition coefficient (Wildman–Crippen LogP) is 3.59. The van der Waals surface area contributed by atoms with Gasteiger partial charge in [0.2, 0.25) is 0 Å². The minimum Gasteiger partial charge on any atom is -0.281 e. The number of benzene rings is 1. The molecule has 0 radical (unpaired) electrons. The third-order valence-electron chi connectivity index (χ3n) is 3.99. The van der Waals surface area contributed by atoms with E-state index in [1.54, 1.807) is 6.20 Å². The first-order valence-corrected chi connectivity index (χ1v) is 7.65. The van der Waals surface area contributed by atoms with Gasteiger partial charge in [-0.1, -0.05) is 48.4 Å². The molecule has 1 aliphatic heterocycles. The molecule has 0 bridgehead atoms. The van der Waals surface area contributed by atoms with Crippen molar-refractivity contribution in [3.05, 3.63) is 53.3 Å². The van der Waals surface area contributed by atoms with Gasteiger partial charge >= 0.3 is 0 Å². The highest BCUT2D eigenvalue weighted by molar-refractivity contribution is 6.30. The summed E-state index contributed by atoms with van der Waals surface area (Å²) in [6, 6.07) is 11.4. The maximum atomic E-state index is 5.94. The van der Waals surface area contributed by atoms with Crippen LogP contribution in [0.25, 0.3) is 0 Å². The zero-order valence-corrected chi connectivity index (χ0v) is 12.3. The second kappa shape index (κ2) is 6.42. The number of hydrogen-bond donors (Lipinski definition) is 0. The summed E-state index contributed by atoms with van der Waals surface area (Å²) < 4.78 is 1.94. The first-order chi connectivity index (χ1) is 9.81. The number of likely N-dealkylation sites (tertiary alicyclic amines) is 1. The normalized spacial score (nSPS) is 20.1. The van der Waals surface area contributed by atoms with Crippen LogP contribution < -0.4 is 0 Å². The van der Waals surface area contributed by atoms with Crippen molar-refractivity contribution >= 4 is 11.6 Å². The van der Waals surface area contributed by atoms with E-state index in [2.05, 4.69) is 40.3 Å². The van der Waals surface area contributed by atoms with Crippen LogP contribution in [-0.4, -0.2) is 27.3 Å². The Labute approximate surface area is 125 Å². The zero-order valence-electron chi connectivity index (χ0n) is 11.6. The lowest BCUT2D eigenvalue weighted by molar-refractivity contribution is 0.104. The predicted molar refractivity (Wildman–Crippen MR) is 81.7 cm³/mol. The Kier molecular flexibility index (Phi) is 4.38. The number of hydrogen-bond acceptors (Lipinski definition) is 2. The second-order valence-corrected chi connectivity index (χ2v) is 5.93. The Balaban J connectivity index is 1.67. The summed E-state index contributed by atoms with van der Waals surface area (Å²) >= 11 is 5.94. The molecule has 0 N–H and O–H groups in total. The van der Waals surface area contributed by atoms with E-state index in [9.17, 15) is 0 Å². The number of rotatable bonds is 4. The molecule has 1 fully saturated rings. The van der Waals surface area contributed by atoms with E-state index in [1.165, 1.54) is 24.8 Å². The molecule has 1 aromatic carbocycles. The van der Waals surface area contributed by atoms with Crippen LogP contribution in [0.3, 0.4) is 0 Å². The second-order valence-electron chi connectivity index (χ2n) is 5.49. The monoisotopic (exact) mass is 289 g/mol. The van der Waals surface area contributed by atoms with Crippen molar-refractivity contribution in [3.8, 4) is 0 Å². The molecule has 1 aliphatic rings. The van der Waals surface area contributed by atoms with Crippen molar-refractivity contribution < 1.29 is 0 Å². The van der Waals surface area contributed by atoms with Gasteiger partial charge in [-0.2, -0.15) is 5.10 Å². The summed E-state index contributed by atoms with van der Waals surface area (Å²) in [5.41, 5.74) is 1.42. The molecule has 2 aromatic rings. The molecule has 0 amide bonds. The van der Waals surface area contributed by atoms with Gasteiger partial charge < -0.3 is 0 Å². The van der Waals surface area contributed by atoms with Crippen LogP contribution in [0.4, 0.5) is 0 Å². The molecule has 1 atom stereocenters. The van der Waals surface area contributed by atoms with Gasteiger partial charge in [0, 0.05) is 18.8 Å². The first-order valence-electron chi connectivity index (χ1n) is 7.27. The van der Waals surface area contributed by atoms with Crippen LogP contribution in [0.5, 0.6) is 0 Å². The molecule has 3 nitrogen and oxygen atoms in total. The summed E-state index contributed by atoms with van der Waals surface area (Å²) in [6.45, 7) is 1.99. The number of piperidine rings is 1. The Morgan fingerprint density at radius 1 is 1.20 bits per heavy atom. The average Bonchev–Trinajstić information content (AvgIpc) is 2.88. The molecule has 1 aromatic heterocycles. The van der Waals surface area contributed by atoms with Gasteiger partial charge in [0.15, 0.2) is 0 Å². The van der Waals surface area contributed by atoms with Crippen molar-refractivity contribution in [2.24, 2.45) is 0 Å². The average molecular weight is 290 g/mol. The van der Waals surface area contributed by atoms with E-state index >= 15 is 0 Å². The Morgan fingerprint density at radius 2 is 2.05 bits per heavy atom. The molecule has 2 heterocycles. The quantitative estimate of drug-likeness (QED) is 0.858. The molecule has 106 valence electrons. The minimum absolute atomic E-state index is 0.606. The van der Waals surface area contributed by atoms with Gasteiger partial charge in [0.25, 0.3) is 0 Å². The summed E-state index contributed by atoms with van der Waals surface area (Å²) in [6.07, 6.45) is 8.60. The van der Waals surface area contributed by atoms with E-state index in [-0.39, 0.29) is 0 Å². The molecule has 0 saturated carbocycles. The number of halogens is 1. The molecule has 0 aliphatic carbocycles. The third-order valence-corrected chi connectivity index (χ3v) is 4.19. The molecule has 0 spiro atoms. The topological polar surface area (TPSA) is 21.1 Å². The standard InChI is InChI=1S/C16H20ClN3/c17-15-11-18-20(12-15)13-19-9-5-4-8-16(19)10-14-6-2-1-3-7-14/h1-3,6-7,11-12,16H,4-5,8-10,13H2. The van der Waals surface area contributed by atoms with Crippen molar-refractivity contribution in [3.63, 3.8) is 0 Å². The van der Waals surface area contributed by atoms with E-state index < -0.39 is 0 Å². The van der Waals surface area contributed by atoms with Crippen molar-refractivity contribution in [2.75, 3.05) is 6.54 Å². The number of aromatic nitrogens is 2. The highest BCUT2D eigenvalue weighted by Gasteiger charge is 2.22. The molecule has 4 heteroatoms. The fourth-order valence-corrected chi connectivity index (χ4v) is 3.12. The van der Waals surface area contributed by atoms with E-state index in [4.69, 9.17) is 11.6 Å². The molecule has 1 unspecified atom stereocenters. The fourth-order valence-electron chi connectivity index (χ4n) is 2.97. The lowest BCUT2D eigenvalue weighted by Gasteiger charge is -2.35. The van der Waals surface area contributed by atoms with Gasteiger partial charge in [0.05, 0.1) is 17.9 Å².